The van der Waals surface area contributed by atoms with E-state index in [1.54, 1.807) is 0 Å². The molecule has 210 valence electrons. The van der Waals surface area contributed by atoms with Crippen molar-refractivity contribution in [2.24, 2.45) is 0 Å². The smallest absolute Gasteiger partial charge is 0.399 e. The van der Waals surface area contributed by atoms with Crippen LogP contribution in [-0.2, 0) is 9.31 Å². The molecule has 5 nitrogen and oxygen atoms in total. The first-order valence-corrected chi connectivity index (χ1v) is 14.7. The van der Waals surface area contributed by atoms with Crippen LogP contribution in [0.1, 0.15) is 58.1 Å². The third-order valence-electron chi connectivity index (χ3n) is 8.54. The Hall–Kier alpha value is -4.13. The molecule has 0 amide bonds. The van der Waals surface area contributed by atoms with E-state index < -0.39 is 0 Å². The van der Waals surface area contributed by atoms with E-state index in [0.717, 1.165) is 28.6 Å². The lowest BCUT2D eigenvalue weighted by molar-refractivity contribution is 0.00578. The summed E-state index contributed by atoms with van der Waals surface area (Å²) in [4.78, 5) is 14.6. The average molecular weight is 554 g/mol. The molecule has 42 heavy (non-hydrogen) atoms. The Morgan fingerprint density at radius 2 is 0.929 bits per heavy atom. The predicted octanol–water partition coefficient (Wildman–Crippen LogP) is 7.71. The number of aromatic nitrogens is 3. The van der Waals surface area contributed by atoms with Crippen molar-refractivity contribution in [2.75, 3.05) is 0 Å². The van der Waals surface area contributed by atoms with Crippen LogP contribution in [0.25, 0.3) is 34.2 Å². The van der Waals surface area contributed by atoms with Gasteiger partial charge in [0.2, 0.25) is 0 Å². The molecule has 0 radical (unpaired) electrons. The second-order valence-corrected chi connectivity index (χ2v) is 11.9. The van der Waals surface area contributed by atoms with Gasteiger partial charge in [-0.05, 0) is 50.7 Å². The van der Waals surface area contributed by atoms with E-state index in [-0.39, 0.29) is 24.2 Å². The summed E-state index contributed by atoms with van der Waals surface area (Å²) in [5.74, 6) is 2.26. The Kier molecular flexibility index (Phi) is 7.52. The Morgan fingerprint density at radius 1 is 0.548 bits per heavy atom. The summed E-state index contributed by atoms with van der Waals surface area (Å²) in [7, 11) is -0.356. The van der Waals surface area contributed by atoms with Gasteiger partial charge in [-0.2, -0.15) is 0 Å². The third-order valence-corrected chi connectivity index (χ3v) is 8.54. The minimum absolute atomic E-state index is 0.268. The van der Waals surface area contributed by atoms with E-state index in [1.807, 2.05) is 60.7 Å². The van der Waals surface area contributed by atoms with E-state index in [9.17, 15) is 0 Å². The maximum absolute atomic E-state index is 6.25. The van der Waals surface area contributed by atoms with Crippen molar-refractivity contribution in [3.8, 4) is 34.2 Å². The summed E-state index contributed by atoms with van der Waals surface area (Å²) in [6.45, 7) is 10.6. The van der Waals surface area contributed by atoms with Crippen LogP contribution in [0.5, 0.6) is 0 Å². The molecule has 1 saturated heterocycles. The van der Waals surface area contributed by atoms with Crippen LogP contribution >= 0.6 is 0 Å². The monoisotopic (exact) mass is 553 g/mol. The molecule has 0 aliphatic carbocycles. The van der Waals surface area contributed by atoms with Crippen molar-refractivity contribution in [1.82, 2.24) is 15.0 Å². The maximum atomic E-state index is 6.25. The summed E-state index contributed by atoms with van der Waals surface area (Å²) in [5, 5.41) is 0. The molecule has 1 aliphatic heterocycles. The van der Waals surface area contributed by atoms with E-state index in [0.29, 0.717) is 17.5 Å². The number of rotatable bonds is 7. The highest BCUT2D eigenvalue weighted by molar-refractivity contribution is 6.62. The number of benzene rings is 4. The fourth-order valence-corrected chi connectivity index (χ4v) is 5.33. The van der Waals surface area contributed by atoms with Gasteiger partial charge in [0.05, 0.1) is 11.2 Å². The number of hydrogen-bond acceptors (Lipinski definition) is 5. The van der Waals surface area contributed by atoms with Crippen molar-refractivity contribution in [1.29, 1.82) is 0 Å². The van der Waals surface area contributed by atoms with Gasteiger partial charge < -0.3 is 9.31 Å². The van der Waals surface area contributed by atoms with Gasteiger partial charge in [0, 0.05) is 22.6 Å². The van der Waals surface area contributed by atoms with Gasteiger partial charge >= 0.3 is 7.12 Å². The van der Waals surface area contributed by atoms with Crippen molar-refractivity contribution >= 4 is 12.6 Å². The molecular weight excluding hydrogens is 517 g/mol. The number of nitrogens with zero attached hydrogens (tertiary/aromatic N) is 3. The summed E-state index contributed by atoms with van der Waals surface area (Å²) in [5.41, 5.74) is 5.74. The first-order chi connectivity index (χ1) is 20.2. The van der Waals surface area contributed by atoms with Crippen LogP contribution in [0.15, 0.2) is 109 Å². The first kappa shape index (κ1) is 28.0. The zero-order valence-electron chi connectivity index (χ0n) is 24.9. The molecule has 0 saturated carbocycles. The Bertz CT molecular complexity index is 1580. The van der Waals surface area contributed by atoms with Crippen LogP contribution in [0.3, 0.4) is 0 Å². The third kappa shape index (κ3) is 5.52. The fourth-order valence-electron chi connectivity index (χ4n) is 5.33. The summed E-state index contributed by atoms with van der Waals surface area (Å²) in [6, 6.07) is 37.4. The highest BCUT2D eigenvalue weighted by Crippen LogP contribution is 2.37. The van der Waals surface area contributed by atoms with E-state index in [4.69, 9.17) is 24.3 Å². The van der Waals surface area contributed by atoms with Crippen LogP contribution in [0.4, 0.5) is 0 Å². The Morgan fingerprint density at radius 3 is 1.33 bits per heavy atom. The molecule has 1 aliphatic rings. The van der Waals surface area contributed by atoms with E-state index in [1.165, 1.54) is 11.1 Å². The maximum Gasteiger partial charge on any atom is 0.494 e. The fraction of sp³-hybridized carbons (Fsp3) is 0.250. The second-order valence-electron chi connectivity index (χ2n) is 11.9. The largest absolute Gasteiger partial charge is 0.494 e. The van der Waals surface area contributed by atoms with Gasteiger partial charge in [-0.3, -0.25) is 0 Å². The van der Waals surface area contributed by atoms with E-state index in [2.05, 4.69) is 83.1 Å². The molecule has 4 aromatic carbocycles. The molecular formula is C36H36BN3O2. The van der Waals surface area contributed by atoms with Crippen LogP contribution < -0.4 is 5.46 Å². The minimum Gasteiger partial charge on any atom is -0.399 e. The molecule has 1 aromatic heterocycles. The van der Waals surface area contributed by atoms with Crippen LogP contribution in [0.2, 0.25) is 0 Å². The van der Waals surface area contributed by atoms with Crippen LogP contribution in [-0.4, -0.2) is 33.3 Å². The standard InChI is InChI=1S/C36H36BN3O2/c1-6-31(26-21-23-30(24-22-26)37-41-35(2,3)36(4,5)42-37)25-17-19-29(20-18-25)34-39-32(27-13-9-7-10-14-27)38-33(40-34)28-15-11-8-12-16-28/h7-24,31H,6H2,1-5H3. The zero-order valence-corrected chi connectivity index (χ0v) is 24.9. The molecule has 0 N–H and O–H groups in total. The van der Waals surface area contributed by atoms with Gasteiger partial charge in [0.1, 0.15) is 0 Å². The van der Waals surface area contributed by atoms with Crippen molar-refractivity contribution in [2.45, 2.75) is 58.2 Å². The lowest BCUT2D eigenvalue weighted by Gasteiger charge is -2.32. The number of hydrogen-bond donors (Lipinski definition) is 0. The SMILES string of the molecule is CCC(c1ccc(B2OC(C)(C)C(C)(C)O2)cc1)c1ccc(-c2nc(-c3ccccc3)nc(-c3ccccc3)n2)cc1. The lowest BCUT2D eigenvalue weighted by atomic mass is 9.77. The molecule has 6 rings (SSSR count). The van der Waals surface area contributed by atoms with Crippen molar-refractivity contribution < 1.29 is 9.31 Å². The second kappa shape index (κ2) is 11.3. The van der Waals surface area contributed by atoms with Crippen molar-refractivity contribution in [3.05, 3.63) is 120 Å². The molecule has 2 heterocycles. The van der Waals surface area contributed by atoms with Gasteiger partial charge in [0.15, 0.2) is 17.5 Å². The Labute approximate surface area is 249 Å². The molecule has 1 fully saturated rings. The van der Waals surface area contributed by atoms with Gasteiger partial charge in [-0.25, -0.2) is 15.0 Å². The quantitative estimate of drug-likeness (QED) is 0.193. The highest BCUT2D eigenvalue weighted by atomic mass is 16.7. The normalized spacial score (nSPS) is 16.4. The zero-order chi connectivity index (χ0) is 29.3. The predicted molar refractivity (Wildman–Crippen MR) is 170 cm³/mol. The summed E-state index contributed by atoms with van der Waals surface area (Å²) in [6.07, 6.45) is 0.983. The minimum atomic E-state index is -0.356. The first-order valence-electron chi connectivity index (χ1n) is 14.7. The summed E-state index contributed by atoms with van der Waals surface area (Å²) < 4.78 is 12.5. The topological polar surface area (TPSA) is 57.1 Å². The molecule has 5 aromatic rings. The van der Waals surface area contributed by atoms with Gasteiger partial charge in [-0.1, -0.05) is 116 Å². The highest BCUT2D eigenvalue weighted by Gasteiger charge is 2.51. The molecule has 0 bridgehead atoms. The molecule has 6 heteroatoms. The molecule has 1 atom stereocenters. The molecule has 0 spiro atoms. The molecule has 1 unspecified atom stereocenters. The van der Waals surface area contributed by atoms with Gasteiger partial charge in [-0.15, -0.1) is 0 Å². The van der Waals surface area contributed by atoms with E-state index >= 15 is 0 Å². The summed E-state index contributed by atoms with van der Waals surface area (Å²) >= 11 is 0. The lowest BCUT2D eigenvalue weighted by Crippen LogP contribution is -2.41. The van der Waals surface area contributed by atoms with Crippen LogP contribution in [0, 0.1) is 0 Å². The average Bonchev–Trinajstić information content (AvgIpc) is 3.25. The Balaban J connectivity index is 1.28. The van der Waals surface area contributed by atoms with Crippen molar-refractivity contribution in [3.63, 3.8) is 0 Å². The van der Waals surface area contributed by atoms with Gasteiger partial charge in [0.25, 0.3) is 0 Å².